The molecule has 0 radical (unpaired) electrons. The maximum Gasteiger partial charge on any atom is 0.225 e. The van der Waals surface area contributed by atoms with Crippen molar-refractivity contribution in [1.82, 2.24) is 25.4 Å². The lowest BCUT2D eigenvalue weighted by molar-refractivity contribution is -0.137. The smallest absolute Gasteiger partial charge is 0.225 e. The standard InChI is InChI=1S/C23H40N6O2/c1-5-24-22(27-17-20-26-16-19(31-20)23(2,3)4)25-10-11-28-12-14-29(15-13-28)21(30)18-8-6-7-9-18/h16,18H,5-15,17H2,1-4H3,(H2,24,25,27). The van der Waals surface area contributed by atoms with Crippen LogP contribution in [-0.4, -0.2) is 72.5 Å². The molecule has 8 nitrogen and oxygen atoms in total. The molecule has 0 aromatic carbocycles. The molecule has 1 aromatic heterocycles. The average molecular weight is 433 g/mol. The monoisotopic (exact) mass is 432 g/mol. The molecule has 0 bridgehead atoms. The number of piperazine rings is 1. The first-order chi connectivity index (χ1) is 14.9. The quantitative estimate of drug-likeness (QED) is 0.508. The van der Waals surface area contributed by atoms with Crippen LogP contribution in [0.4, 0.5) is 0 Å². The molecule has 1 amide bonds. The number of aromatic nitrogens is 1. The van der Waals surface area contributed by atoms with Gasteiger partial charge in [-0.05, 0) is 19.8 Å². The van der Waals surface area contributed by atoms with E-state index in [-0.39, 0.29) is 11.3 Å². The molecule has 1 aliphatic heterocycles. The fraction of sp³-hybridized carbons (Fsp3) is 0.783. The number of guanidine groups is 1. The van der Waals surface area contributed by atoms with Crippen molar-refractivity contribution in [3.8, 4) is 0 Å². The highest BCUT2D eigenvalue weighted by molar-refractivity contribution is 5.80. The third-order valence-corrected chi connectivity index (χ3v) is 6.12. The van der Waals surface area contributed by atoms with E-state index < -0.39 is 0 Å². The van der Waals surface area contributed by atoms with Crippen molar-refractivity contribution in [2.45, 2.75) is 65.3 Å². The number of rotatable bonds is 7. The van der Waals surface area contributed by atoms with E-state index in [1.165, 1.54) is 12.8 Å². The Hall–Kier alpha value is -2.09. The molecule has 1 aromatic rings. The van der Waals surface area contributed by atoms with Gasteiger partial charge < -0.3 is 20.0 Å². The lowest BCUT2D eigenvalue weighted by atomic mass is 9.94. The van der Waals surface area contributed by atoms with Crippen molar-refractivity contribution in [3.05, 3.63) is 17.8 Å². The third kappa shape index (κ3) is 6.95. The normalized spacial score (nSPS) is 19.1. The van der Waals surface area contributed by atoms with Crippen molar-refractivity contribution in [3.63, 3.8) is 0 Å². The van der Waals surface area contributed by atoms with E-state index in [4.69, 9.17) is 4.42 Å². The van der Waals surface area contributed by atoms with Gasteiger partial charge in [0.1, 0.15) is 12.3 Å². The molecule has 8 heteroatoms. The average Bonchev–Trinajstić information content (AvgIpc) is 3.44. The SMILES string of the molecule is CCNC(=NCc1ncc(C(C)(C)C)o1)NCCN1CCN(C(=O)C2CCCC2)CC1. The van der Waals surface area contributed by atoms with Crippen LogP contribution in [0, 0.1) is 5.92 Å². The number of nitrogens with one attached hydrogen (secondary N) is 2. The van der Waals surface area contributed by atoms with Crippen LogP contribution in [0.1, 0.15) is 65.0 Å². The zero-order valence-electron chi connectivity index (χ0n) is 19.7. The first kappa shape index (κ1) is 23.6. The Kier molecular flexibility index (Phi) is 8.35. The van der Waals surface area contributed by atoms with E-state index >= 15 is 0 Å². The fourth-order valence-electron chi connectivity index (χ4n) is 4.17. The van der Waals surface area contributed by atoms with Crippen molar-refractivity contribution in [2.75, 3.05) is 45.8 Å². The number of hydrogen-bond acceptors (Lipinski definition) is 5. The van der Waals surface area contributed by atoms with Crippen molar-refractivity contribution in [2.24, 2.45) is 10.9 Å². The Bertz CT molecular complexity index is 725. The van der Waals surface area contributed by atoms with E-state index in [1.54, 1.807) is 6.20 Å². The number of carbonyl (C=O) groups is 1. The number of aliphatic imine (C=N–C) groups is 1. The van der Waals surface area contributed by atoms with Gasteiger partial charge in [0.05, 0.1) is 6.20 Å². The van der Waals surface area contributed by atoms with Gasteiger partial charge in [0.25, 0.3) is 0 Å². The zero-order chi connectivity index (χ0) is 22.3. The molecule has 1 saturated heterocycles. The lowest BCUT2D eigenvalue weighted by Gasteiger charge is -2.36. The lowest BCUT2D eigenvalue weighted by Crippen LogP contribution is -2.51. The maximum atomic E-state index is 12.6. The highest BCUT2D eigenvalue weighted by Crippen LogP contribution is 2.27. The number of carbonyl (C=O) groups excluding carboxylic acids is 1. The van der Waals surface area contributed by atoms with Crippen LogP contribution in [0.2, 0.25) is 0 Å². The highest BCUT2D eigenvalue weighted by atomic mass is 16.4. The molecule has 0 spiro atoms. The van der Waals surface area contributed by atoms with Crippen molar-refractivity contribution >= 4 is 11.9 Å². The topological polar surface area (TPSA) is 86.0 Å². The predicted molar refractivity (Wildman–Crippen MR) is 123 cm³/mol. The zero-order valence-corrected chi connectivity index (χ0v) is 19.7. The largest absolute Gasteiger partial charge is 0.443 e. The molecule has 2 aliphatic rings. The van der Waals surface area contributed by atoms with Crippen LogP contribution in [0.5, 0.6) is 0 Å². The van der Waals surface area contributed by atoms with Gasteiger partial charge in [-0.1, -0.05) is 33.6 Å². The molecule has 0 atom stereocenters. The van der Waals surface area contributed by atoms with Crippen LogP contribution in [0.3, 0.4) is 0 Å². The van der Waals surface area contributed by atoms with E-state index in [1.807, 2.05) is 0 Å². The van der Waals surface area contributed by atoms with Gasteiger partial charge in [-0.3, -0.25) is 9.69 Å². The Morgan fingerprint density at radius 3 is 2.52 bits per heavy atom. The summed E-state index contributed by atoms with van der Waals surface area (Å²) in [6.45, 7) is 14.9. The summed E-state index contributed by atoms with van der Waals surface area (Å²) in [4.78, 5) is 26.0. The fourth-order valence-corrected chi connectivity index (χ4v) is 4.17. The van der Waals surface area contributed by atoms with Gasteiger partial charge in [-0.15, -0.1) is 0 Å². The summed E-state index contributed by atoms with van der Waals surface area (Å²) >= 11 is 0. The molecule has 2 N–H and O–H groups in total. The van der Waals surface area contributed by atoms with Crippen LogP contribution < -0.4 is 10.6 Å². The minimum atomic E-state index is -0.0521. The van der Waals surface area contributed by atoms with Gasteiger partial charge in [0, 0.05) is 57.1 Å². The molecular weight excluding hydrogens is 392 g/mol. The van der Waals surface area contributed by atoms with Crippen molar-refractivity contribution < 1.29 is 9.21 Å². The van der Waals surface area contributed by atoms with Crippen molar-refractivity contribution in [1.29, 1.82) is 0 Å². The second-order valence-electron chi connectivity index (χ2n) is 9.64. The van der Waals surface area contributed by atoms with Crippen LogP contribution >= 0.6 is 0 Å². The Morgan fingerprint density at radius 1 is 1.19 bits per heavy atom. The summed E-state index contributed by atoms with van der Waals surface area (Å²) in [5.41, 5.74) is -0.0521. The number of amides is 1. The maximum absolute atomic E-state index is 12.6. The van der Waals surface area contributed by atoms with E-state index in [9.17, 15) is 4.79 Å². The number of nitrogens with zero attached hydrogens (tertiary/aromatic N) is 4. The second-order valence-corrected chi connectivity index (χ2v) is 9.64. The number of oxazole rings is 1. The van der Waals surface area contributed by atoms with Gasteiger partial charge in [-0.25, -0.2) is 9.98 Å². The summed E-state index contributed by atoms with van der Waals surface area (Å²) in [5.74, 6) is 2.95. The summed E-state index contributed by atoms with van der Waals surface area (Å²) in [7, 11) is 0. The first-order valence-electron chi connectivity index (χ1n) is 11.9. The van der Waals surface area contributed by atoms with Crippen LogP contribution in [-0.2, 0) is 16.8 Å². The van der Waals surface area contributed by atoms with E-state index in [0.29, 0.717) is 18.3 Å². The molecule has 2 heterocycles. The minimum absolute atomic E-state index is 0.0521. The molecule has 0 unspecified atom stereocenters. The summed E-state index contributed by atoms with van der Waals surface area (Å²) in [6.07, 6.45) is 6.39. The minimum Gasteiger partial charge on any atom is -0.443 e. The third-order valence-electron chi connectivity index (χ3n) is 6.12. The van der Waals surface area contributed by atoms with Crippen LogP contribution in [0.25, 0.3) is 0 Å². The van der Waals surface area contributed by atoms with Gasteiger partial charge in [0.15, 0.2) is 5.96 Å². The van der Waals surface area contributed by atoms with Gasteiger partial charge >= 0.3 is 0 Å². The highest BCUT2D eigenvalue weighted by Gasteiger charge is 2.29. The second kappa shape index (κ2) is 11.0. The molecule has 31 heavy (non-hydrogen) atoms. The molecule has 1 aliphatic carbocycles. The Balaban J connectivity index is 1.40. The molecule has 1 saturated carbocycles. The first-order valence-corrected chi connectivity index (χ1v) is 11.9. The van der Waals surface area contributed by atoms with Crippen LogP contribution in [0.15, 0.2) is 15.6 Å². The summed E-state index contributed by atoms with van der Waals surface area (Å²) in [6, 6.07) is 0. The Morgan fingerprint density at radius 2 is 1.90 bits per heavy atom. The molecule has 174 valence electrons. The van der Waals surface area contributed by atoms with Gasteiger partial charge in [0.2, 0.25) is 11.8 Å². The molecule has 3 rings (SSSR count). The summed E-state index contributed by atoms with van der Waals surface area (Å²) in [5, 5.41) is 6.68. The molecular formula is C23H40N6O2. The molecule has 2 fully saturated rings. The Labute approximate surface area is 186 Å². The van der Waals surface area contributed by atoms with E-state index in [2.05, 4.69) is 58.1 Å². The predicted octanol–water partition coefficient (Wildman–Crippen LogP) is 2.36. The van der Waals surface area contributed by atoms with Gasteiger partial charge in [-0.2, -0.15) is 0 Å². The number of hydrogen-bond donors (Lipinski definition) is 2. The summed E-state index contributed by atoms with van der Waals surface area (Å²) < 4.78 is 5.83. The van der Waals surface area contributed by atoms with E-state index in [0.717, 1.165) is 70.4 Å².